The topological polar surface area (TPSA) is 29.8 Å². The molecule has 0 saturated carbocycles. The molecule has 5 heteroatoms. The molecule has 4 nitrogen and oxygen atoms in total. The Bertz CT molecular complexity index is 446. The van der Waals surface area contributed by atoms with Gasteiger partial charge in [-0.15, -0.1) is 0 Å². The first-order valence-corrected chi connectivity index (χ1v) is 5.64. The van der Waals surface area contributed by atoms with Crippen LogP contribution in [-0.2, 0) is 11.3 Å². The number of hydrogen-bond acceptors (Lipinski definition) is 3. The second kappa shape index (κ2) is 5.62. The zero-order valence-electron chi connectivity index (χ0n) is 9.55. The highest BCUT2D eigenvalue weighted by Crippen LogP contribution is 2.08. The van der Waals surface area contributed by atoms with E-state index in [0.717, 1.165) is 44.2 Å². The van der Waals surface area contributed by atoms with Gasteiger partial charge in [0.2, 0.25) is 0 Å². The van der Waals surface area contributed by atoms with Crippen LogP contribution < -0.4 is 17.0 Å². The Labute approximate surface area is 111 Å². The number of imidazole rings is 1. The van der Waals surface area contributed by atoms with Crippen LogP contribution in [0.15, 0.2) is 30.6 Å². The smallest absolute Gasteiger partial charge is 0.137 e. The minimum absolute atomic E-state index is 0. The van der Waals surface area contributed by atoms with Crippen LogP contribution in [0, 0.1) is 0 Å². The van der Waals surface area contributed by atoms with Crippen LogP contribution >= 0.6 is 0 Å². The first-order chi connectivity index (χ1) is 7.92. The molecule has 0 aliphatic carbocycles. The van der Waals surface area contributed by atoms with Gasteiger partial charge < -0.3 is 26.1 Å². The van der Waals surface area contributed by atoms with E-state index in [-0.39, 0.29) is 17.0 Å². The summed E-state index contributed by atoms with van der Waals surface area (Å²) in [7, 11) is 0. The van der Waals surface area contributed by atoms with Crippen molar-refractivity contribution in [1.82, 2.24) is 14.3 Å². The van der Waals surface area contributed by atoms with Gasteiger partial charge in [0.25, 0.3) is 0 Å². The van der Waals surface area contributed by atoms with Crippen molar-refractivity contribution in [3.05, 3.63) is 36.3 Å². The van der Waals surface area contributed by atoms with E-state index in [4.69, 9.17) is 4.74 Å². The Hall–Kier alpha value is -0.910. The molecular formula is C12H15BrN3O-. The molecule has 2 aromatic heterocycles. The molecule has 3 heterocycles. The van der Waals surface area contributed by atoms with E-state index in [1.807, 2.05) is 24.4 Å². The number of pyridine rings is 1. The Balaban J connectivity index is 0.00000108. The quantitative estimate of drug-likeness (QED) is 0.653. The summed E-state index contributed by atoms with van der Waals surface area (Å²) in [6.07, 6.45) is 4.13. The molecule has 0 amide bonds. The van der Waals surface area contributed by atoms with Gasteiger partial charge >= 0.3 is 0 Å². The molecule has 0 radical (unpaired) electrons. The Morgan fingerprint density at radius 1 is 1.24 bits per heavy atom. The molecule has 0 unspecified atom stereocenters. The lowest BCUT2D eigenvalue weighted by Crippen LogP contribution is -3.00. The van der Waals surface area contributed by atoms with Crippen LogP contribution in [0.3, 0.4) is 0 Å². The van der Waals surface area contributed by atoms with Gasteiger partial charge in [-0.25, -0.2) is 4.98 Å². The summed E-state index contributed by atoms with van der Waals surface area (Å²) in [5, 5.41) is 0. The van der Waals surface area contributed by atoms with Crippen molar-refractivity contribution >= 4 is 5.65 Å². The third-order valence-corrected chi connectivity index (χ3v) is 2.90. The van der Waals surface area contributed by atoms with E-state index >= 15 is 0 Å². The maximum absolute atomic E-state index is 5.33. The van der Waals surface area contributed by atoms with Crippen LogP contribution in [0.2, 0.25) is 0 Å². The normalized spacial score (nSPS) is 16.9. The zero-order valence-corrected chi connectivity index (χ0v) is 11.1. The fraction of sp³-hybridized carbons (Fsp3) is 0.417. The van der Waals surface area contributed by atoms with Crippen LogP contribution in [0.5, 0.6) is 0 Å². The predicted molar refractivity (Wildman–Crippen MR) is 61.3 cm³/mol. The molecule has 1 saturated heterocycles. The molecule has 92 valence electrons. The monoisotopic (exact) mass is 296 g/mol. The Kier molecular flexibility index (Phi) is 4.15. The Morgan fingerprint density at radius 2 is 2.06 bits per heavy atom. The number of hydrogen-bond donors (Lipinski definition) is 0. The maximum atomic E-state index is 5.33. The van der Waals surface area contributed by atoms with Gasteiger partial charge in [0, 0.05) is 32.0 Å². The lowest BCUT2D eigenvalue weighted by Gasteiger charge is -2.25. The molecule has 0 N–H and O–H groups in total. The molecule has 0 spiro atoms. The molecule has 1 aliphatic rings. The zero-order chi connectivity index (χ0) is 10.8. The SMILES string of the molecule is [Br-].c1ccn2cc(CN3CCOCC3)nc2c1. The number of morpholine rings is 1. The van der Waals surface area contributed by atoms with Crippen LogP contribution in [0.4, 0.5) is 0 Å². The van der Waals surface area contributed by atoms with Gasteiger partial charge in [-0.3, -0.25) is 4.90 Å². The minimum atomic E-state index is 0. The fourth-order valence-electron chi connectivity index (χ4n) is 2.05. The van der Waals surface area contributed by atoms with Gasteiger partial charge in [0.1, 0.15) is 5.65 Å². The number of ether oxygens (including phenoxy) is 1. The molecule has 2 aromatic rings. The van der Waals surface area contributed by atoms with Crippen molar-refractivity contribution in [3.8, 4) is 0 Å². The predicted octanol–water partition coefficient (Wildman–Crippen LogP) is -1.83. The summed E-state index contributed by atoms with van der Waals surface area (Å²) in [5.74, 6) is 0. The van der Waals surface area contributed by atoms with Crippen LogP contribution in [0.25, 0.3) is 5.65 Å². The number of rotatable bonds is 2. The molecule has 1 aliphatic heterocycles. The first-order valence-electron chi connectivity index (χ1n) is 5.64. The number of fused-ring (bicyclic) bond motifs is 1. The van der Waals surface area contributed by atoms with Crippen molar-refractivity contribution in [2.75, 3.05) is 26.3 Å². The second-order valence-corrected chi connectivity index (χ2v) is 4.09. The van der Waals surface area contributed by atoms with Crippen molar-refractivity contribution in [2.24, 2.45) is 0 Å². The second-order valence-electron chi connectivity index (χ2n) is 4.09. The molecule has 0 bridgehead atoms. The largest absolute Gasteiger partial charge is 1.00 e. The maximum Gasteiger partial charge on any atom is 0.137 e. The van der Waals surface area contributed by atoms with Gasteiger partial charge in [-0.2, -0.15) is 0 Å². The van der Waals surface area contributed by atoms with Crippen molar-refractivity contribution in [1.29, 1.82) is 0 Å². The van der Waals surface area contributed by atoms with Gasteiger partial charge in [-0.1, -0.05) is 6.07 Å². The summed E-state index contributed by atoms with van der Waals surface area (Å²) >= 11 is 0. The summed E-state index contributed by atoms with van der Waals surface area (Å²) in [4.78, 5) is 6.97. The Morgan fingerprint density at radius 3 is 2.82 bits per heavy atom. The van der Waals surface area contributed by atoms with Crippen molar-refractivity contribution < 1.29 is 21.7 Å². The highest BCUT2D eigenvalue weighted by molar-refractivity contribution is 5.39. The highest BCUT2D eigenvalue weighted by Gasteiger charge is 2.12. The van der Waals surface area contributed by atoms with E-state index in [9.17, 15) is 0 Å². The molecule has 3 rings (SSSR count). The van der Waals surface area contributed by atoms with Gasteiger partial charge in [0.05, 0.1) is 18.9 Å². The number of aromatic nitrogens is 2. The molecule has 0 aromatic carbocycles. The lowest BCUT2D eigenvalue weighted by atomic mass is 10.3. The number of nitrogens with zero attached hydrogens (tertiary/aromatic N) is 3. The fourth-order valence-corrected chi connectivity index (χ4v) is 2.05. The summed E-state index contributed by atoms with van der Waals surface area (Å²) in [6.45, 7) is 4.62. The summed E-state index contributed by atoms with van der Waals surface area (Å²) < 4.78 is 7.39. The van der Waals surface area contributed by atoms with Gasteiger partial charge in [0.15, 0.2) is 0 Å². The van der Waals surface area contributed by atoms with E-state index < -0.39 is 0 Å². The first kappa shape index (κ1) is 12.5. The average molecular weight is 297 g/mol. The lowest BCUT2D eigenvalue weighted by molar-refractivity contribution is -0.00000559. The highest BCUT2D eigenvalue weighted by atomic mass is 79.9. The van der Waals surface area contributed by atoms with Crippen LogP contribution in [-0.4, -0.2) is 40.6 Å². The van der Waals surface area contributed by atoms with E-state index in [0.29, 0.717) is 0 Å². The molecular weight excluding hydrogens is 282 g/mol. The van der Waals surface area contributed by atoms with Crippen LogP contribution in [0.1, 0.15) is 5.69 Å². The van der Waals surface area contributed by atoms with E-state index in [1.165, 1.54) is 0 Å². The number of halogens is 1. The van der Waals surface area contributed by atoms with E-state index in [2.05, 4.69) is 20.5 Å². The third-order valence-electron chi connectivity index (χ3n) is 2.90. The van der Waals surface area contributed by atoms with Crippen molar-refractivity contribution in [2.45, 2.75) is 6.54 Å². The summed E-state index contributed by atoms with van der Waals surface area (Å²) in [6, 6.07) is 6.07. The standard InChI is InChI=1S/C12H15N3O.BrH/c1-2-4-15-10-11(13-12(15)3-1)9-14-5-7-16-8-6-14;/h1-4,10H,5-9H2;1H/p-1. The molecule has 1 fully saturated rings. The third kappa shape index (κ3) is 2.86. The minimum Gasteiger partial charge on any atom is -1.00 e. The van der Waals surface area contributed by atoms with Crippen molar-refractivity contribution in [3.63, 3.8) is 0 Å². The van der Waals surface area contributed by atoms with E-state index in [1.54, 1.807) is 0 Å². The average Bonchev–Trinajstić information content (AvgIpc) is 2.72. The van der Waals surface area contributed by atoms with Gasteiger partial charge in [-0.05, 0) is 12.1 Å². The summed E-state index contributed by atoms with van der Waals surface area (Å²) in [5.41, 5.74) is 2.15. The molecule has 0 atom stereocenters. The molecule has 17 heavy (non-hydrogen) atoms.